The molecule has 0 spiro atoms. The molecule has 4 aromatic rings. The molecule has 43 heavy (non-hydrogen) atoms. The van der Waals surface area contributed by atoms with E-state index < -0.39 is 5.82 Å². The number of benzene rings is 2. The highest BCUT2D eigenvalue weighted by atomic mass is 35.5. The fourth-order valence-electron chi connectivity index (χ4n) is 4.65. The zero-order valence-electron chi connectivity index (χ0n) is 22.8. The van der Waals surface area contributed by atoms with Crippen LogP contribution in [0.1, 0.15) is 16.9 Å². The van der Waals surface area contributed by atoms with Crippen LogP contribution < -0.4 is 15.4 Å². The van der Waals surface area contributed by atoms with Crippen LogP contribution in [0, 0.1) is 23.5 Å². The molecule has 4 heterocycles. The molecule has 6 rings (SSSR count). The van der Waals surface area contributed by atoms with Gasteiger partial charge in [-0.05, 0) is 35.9 Å². The van der Waals surface area contributed by atoms with Crippen LogP contribution in [0.5, 0.6) is 5.75 Å². The van der Waals surface area contributed by atoms with E-state index in [0.717, 1.165) is 9.58 Å². The van der Waals surface area contributed by atoms with Gasteiger partial charge >= 0.3 is 6.09 Å². The van der Waals surface area contributed by atoms with Crippen molar-refractivity contribution < 1.29 is 27.8 Å². The van der Waals surface area contributed by atoms with Crippen LogP contribution in [0.25, 0.3) is 10.2 Å². The molecule has 13 heteroatoms. The van der Waals surface area contributed by atoms with Crippen molar-refractivity contribution >= 4 is 51.6 Å². The normalized spacial score (nSPS) is 18.0. The molecule has 0 bridgehead atoms. The maximum atomic E-state index is 14.8. The monoisotopic (exact) mass is 627 g/mol. The summed E-state index contributed by atoms with van der Waals surface area (Å²) in [6.45, 7) is 2.73. The minimum absolute atomic E-state index is 0. The number of hydrogen-bond acceptors (Lipinski definition) is 9. The predicted octanol–water partition coefficient (Wildman–Crippen LogP) is 5.26. The quantitative estimate of drug-likeness (QED) is 0.279. The fourth-order valence-corrected chi connectivity index (χ4v) is 5.57. The summed E-state index contributed by atoms with van der Waals surface area (Å²) < 4.78 is 45.4. The van der Waals surface area contributed by atoms with Gasteiger partial charge in [-0.2, -0.15) is 0 Å². The topological polar surface area (TPSA) is 97.8 Å². The molecular weight excluding hydrogens is 600 g/mol. The number of ether oxygens (including phenoxy) is 3. The fraction of sp³-hybridized carbons (Fsp3) is 0.300. The summed E-state index contributed by atoms with van der Waals surface area (Å²) in [4.78, 5) is 23.5. The van der Waals surface area contributed by atoms with Crippen molar-refractivity contribution in [3.05, 3.63) is 76.9 Å². The summed E-state index contributed by atoms with van der Waals surface area (Å²) >= 11 is 1.43. The minimum atomic E-state index is -0.558. The lowest BCUT2D eigenvalue weighted by atomic mass is 10.2. The van der Waals surface area contributed by atoms with Crippen molar-refractivity contribution in [1.82, 2.24) is 20.2 Å². The molecule has 0 radical (unpaired) electrons. The Morgan fingerprint density at radius 3 is 2.84 bits per heavy atom. The van der Waals surface area contributed by atoms with Gasteiger partial charge in [0.25, 0.3) is 0 Å². The third-order valence-corrected chi connectivity index (χ3v) is 7.83. The highest BCUT2D eigenvalue weighted by molar-refractivity contribution is 7.20. The molecule has 2 fully saturated rings. The first-order chi connectivity index (χ1) is 20.5. The first kappa shape index (κ1) is 30.4. The highest BCUT2D eigenvalue weighted by Gasteiger charge is 2.28. The summed E-state index contributed by atoms with van der Waals surface area (Å²) in [5.41, 5.74) is 1.81. The van der Waals surface area contributed by atoms with Crippen molar-refractivity contribution in [2.24, 2.45) is 0 Å². The molecule has 2 aromatic carbocycles. The molecule has 2 aromatic heterocycles. The second-order valence-corrected chi connectivity index (χ2v) is 10.9. The smallest absolute Gasteiger partial charge is 0.410 e. The van der Waals surface area contributed by atoms with E-state index in [0.29, 0.717) is 61.9 Å². The zero-order valence-corrected chi connectivity index (χ0v) is 24.5. The molecule has 1 amide bonds. The Morgan fingerprint density at radius 1 is 1.16 bits per heavy atom. The van der Waals surface area contributed by atoms with Gasteiger partial charge in [0.1, 0.15) is 24.9 Å². The summed E-state index contributed by atoms with van der Waals surface area (Å²) in [5, 5.41) is 6.45. The Balaban J connectivity index is 0.00000368. The van der Waals surface area contributed by atoms with Crippen LogP contribution >= 0.6 is 23.7 Å². The van der Waals surface area contributed by atoms with E-state index in [1.165, 1.54) is 41.9 Å². The highest BCUT2D eigenvalue weighted by Crippen LogP contribution is 2.32. The minimum Gasteiger partial charge on any atom is -0.486 e. The Morgan fingerprint density at radius 2 is 2.02 bits per heavy atom. The number of thiophene rings is 1. The van der Waals surface area contributed by atoms with Gasteiger partial charge < -0.3 is 24.4 Å². The van der Waals surface area contributed by atoms with Crippen molar-refractivity contribution in [2.75, 3.05) is 38.2 Å². The average Bonchev–Trinajstić information content (AvgIpc) is 3.63. The van der Waals surface area contributed by atoms with Crippen molar-refractivity contribution in [1.29, 1.82) is 0 Å². The van der Waals surface area contributed by atoms with Crippen LogP contribution in [0.4, 0.5) is 25.1 Å². The number of amides is 1. The van der Waals surface area contributed by atoms with Crippen molar-refractivity contribution in [2.45, 2.75) is 25.2 Å². The van der Waals surface area contributed by atoms with E-state index in [2.05, 4.69) is 32.4 Å². The number of anilines is 2. The van der Waals surface area contributed by atoms with Gasteiger partial charge in [0.2, 0.25) is 0 Å². The lowest BCUT2D eigenvalue weighted by molar-refractivity contribution is 0.0156. The second kappa shape index (κ2) is 14.0. The number of fused-ring (bicyclic) bond motifs is 1. The number of carbonyl (C=O) groups is 1. The zero-order chi connectivity index (χ0) is 28.9. The summed E-state index contributed by atoms with van der Waals surface area (Å²) in [6, 6.07) is 12.3. The number of nitrogens with one attached hydrogen (secondary N) is 2. The third-order valence-electron chi connectivity index (χ3n) is 6.79. The van der Waals surface area contributed by atoms with E-state index in [4.69, 9.17) is 14.2 Å². The molecule has 0 saturated carbocycles. The molecular formula is C30H28ClF2N5O4S. The Hall–Kier alpha value is -4.02. The van der Waals surface area contributed by atoms with E-state index >= 15 is 0 Å². The molecule has 2 saturated heterocycles. The Labute approximate surface area is 257 Å². The van der Waals surface area contributed by atoms with Crippen LogP contribution in [0.3, 0.4) is 0 Å². The number of carbonyl (C=O) groups excluding carboxylic acids is 1. The largest absolute Gasteiger partial charge is 0.486 e. The van der Waals surface area contributed by atoms with Gasteiger partial charge in [-0.15, -0.1) is 23.7 Å². The van der Waals surface area contributed by atoms with Crippen LogP contribution in [0.2, 0.25) is 0 Å². The number of hydrogen-bond donors (Lipinski definition) is 2. The summed E-state index contributed by atoms with van der Waals surface area (Å²) in [7, 11) is 0. The van der Waals surface area contributed by atoms with E-state index in [1.54, 1.807) is 23.1 Å². The van der Waals surface area contributed by atoms with Gasteiger partial charge in [-0.1, -0.05) is 24.0 Å². The number of aromatic nitrogens is 2. The SMILES string of the molecule is Cl.O=C(OC1CNC(C#Cc2cc3ncnc(Nc4ccc(OCc5cccc(F)c5)c(F)c4)c3s2)C1)N1CCOCC1. The van der Waals surface area contributed by atoms with E-state index in [-0.39, 0.29) is 48.8 Å². The molecule has 2 unspecified atom stereocenters. The standard InChI is InChI=1S/C30H27F2N5O4S.ClH/c31-20-3-1-2-19(12-20)17-40-27-7-5-22(14-25(27)32)36-29-28-26(34-18-35-29)15-24(42-28)6-4-21-13-23(16-33-21)41-30(38)37-8-10-39-11-9-37;/h1-3,5,7,12,14-15,18,21,23,33H,8-11,13,16-17H2,(H,34,35,36);1H. The van der Waals surface area contributed by atoms with Crippen LogP contribution in [-0.2, 0) is 16.1 Å². The number of nitrogens with zero attached hydrogens (tertiary/aromatic N) is 3. The molecule has 9 nitrogen and oxygen atoms in total. The molecule has 2 aliphatic rings. The van der Waals surface area contributed by atoms with Crippen molar-refractivity contribution in [3.8, 4) is 17.6 Å². The number of morpholine rings is 1. The maximum Gasteiger partial charge on any atom is 0.410 e. The summed E-state index contributed by atoms with van der Waals surface area (Å²) in [6.07, 6.45) is 1.50. The molecule has 2 atom stereocenters. The third kappa shape index (κ3) is 7.69. The molecule has 0 aliphatic carbocycles. The van der Waals surface area contributed by atoms with Gasteiger partial charge in [0.15, 0.2) is 17.4 Å². The number of rotatable bonds is 6. The maximum absolute atomic E-state index is 14.8. The Kier molecular flexibility index (Phi) is 9.89. The molecule has 2 N–H and O–H groups in total. The van der Waals surface area contributed by atoms with Gasteiger partial charge in [0.05, 0.1) is 34.3 Å². The first-order valence-corrected chi connectivity index (χ1v) is 14.3. The molecule has 2 aliphatic heterocycles. The number of halogens is 3. The van der Waals surface area contributed by atoms with Crippen LogP contribution in [0.15, 0.2) is 54.9 Å². The van der Waals surface area contributed by atoms with E-state index in [9.17, 15) is 13.6 Å². The predicted molar refractivity (Wildman–Crippen MR) is 161 cm³/mol. The Bertz CT molecular complexity index is 1660. The van der Waals surface area contributed by atoms with E-state index in [1.807, 2.05) is 6.07 Å². The summed E-state index contributed by atoms with van der Waals surface area (Å²) in [5.74, 6) is 6.07. The lowest BCUT2D eigenvalue weighted by Crippen LogP contribution is -2.42. The van der Waals surface area contributed by atoms with Gasteiger partial charge in [-0.25, -0.2) is 23.5 Å². The van der Waals surface area contributed by atoms with Gasteiger partial charge in [-0.3, -0.25) is 5.32 Å². The molecule has 224 valence electrons. The van der Waals surface area contributed by atoms with Gasteiger partial charge in [0, 0.05) is 37.8 Å². The van der Waals surface area contributed by atoms with Crippen molar-refractivity contribution in [3.63, 3.8) is 0 Å². The second-order valence-electron chi connectivity index (χ2n) is 9.81. The lowest BCUT2D eigenvalue weighted by Gasteiger charge is -2.27. The first-order valence-electron chi connectivity index (χ1n) is 13.5. The van der Waals surface area contributed by atoms with Crippen LogP contribution in [-0.4, -0.2) is 66.0 Å². The average molecular weight is 628 g/mol.